The number of hydrogen-bond donors (Lipinski definition) is 2. The van der Waals surface area contributed by atoms with Crippen molar-refractivity contribution in [2.75, 3.05) is 11.5 Å². The van der Waals surface area contributed by atoms with Crippen molar-refractivity contribution in [3.8, 4) is 0 Å². The van der Waals surface area contributed by atoms with Gasteiger partial charge in [-0.15, -0.1) is 11.8 Å². The number of carbonyl (C=O) groups is 1. The molecular weight excluding hydrogens is 254 g/mol. The van der Waals surface area contributed by atoms with E-state index >= 15 is 0 Å². The van der Waals surface area contributed by atoms with Crippen LogP contribution in [0.15, 0.2) is 27.6 Å². The van der Waals surface area contributed by atoms with Crippen LogP contribution in [-0.2, 0) is 4.79 Å². The van der Waals surface area contributed by atoms with Crippen molar-refractivity contribution in [2.24, 2.45) is 0 Å². The Bertz CT molecular complexity index is 330. The molecule has 3 N–H and O–H groups in total. The molecule has 0 spiro atoms. The Kier molecular flexibility index (Phi) is 3.62. The van der Waals surface area contributed by atoms with Crippen LogP contribution in [0.5, 0.6) is 0 Å². The smallest absolute Gasteiger partial charge is 0.313 e. The van der Waals surface area contributed by atoms with E-state index in [0.29, 0.717) is 5.69 Å². The molecule has 0 heterocycles. The molecule has 70 valence electrons. The molecule has 1 aromatic rings. The Morgan fingerprint density at radius 2 is 2.31 bits per heavy atom. The quantitative estimate of drug-likeness (QED) is 0.647. The summed E-state index contributed by atoms with van der Waals surface area (Å²) >= 11 is 4.49. The van der Waals surface area contributed by atoms with E-state index in [4.69, 9.17) is 10.8 Å². The molecule has 3 nitrogen and oxygen atoms in total. The zero-order valence-electron chi connectivity index (χ0n) is 6.66. The maximum absolute atomic E-state index is 10.3. The lowest BCUT2D eigenvalue weighted by Gasteiger charge is -2.03. The number of benzene rings is 1. The fraction of sp³-hybridized carbons (Fsp3) is 0.125. The summed E-state index contributed by atoms with van der Waals surface area (Å²) in [6.07, 6.45) is 0. The number of anilines is 1. The van der Waals surface area contributed by atoms with Gasteiger partial charge < -0.3 is 10.8 Å². The molecule has 0 aliphatic carbocycles. The van der Waals surface area contributed by atoms with E-state index in [1.165, 1.54) is 11.8 Å². The molecule has 0 fully saturated rings. The molecule has 13 heavy (non-hydrogen) atoms. The predicted octanol–water partition coefficient (Wildman–Crippen LogP) is 2.21. The number of rotatable bonds is 3. The first kappa shape index (κ1) is 10.4. The fourth-order valence-electron chi connectivity index (χ4n) is 0.790. The highest BCUT2D eigenvalue weighted by atomic mass is 79.9. The Hall–Kier alpha value is -0.680. The molecule has 1 rings (SSSR count). The second-order valence-corrected chi connectivity index (χ2v) is 4.30. The molecule has 0 bridgehead atoms. The van der Waals surface area contributed by atoms with Gasteiger partial charge in [0.1, 0.15) is 0 Å². The highest BCUT2D eigenvalue weighted by Crippen LogP contribution is 2.27. The molecule has 0 aromatic heterocycles. The monoisotopic (exact) mass is 261 g/mol. The molecule has 0 saturated carbocycles. The van der Waals surface area contributed by atoms with Crippen molar-refractivity contribution in [2.45, 2.75) is 4.90 Å². The number of carboxylic acid groups (broad SMARTS) is 1. The van der Waals surface area contributed by atoms with Crippen LogP contribution < -0.4 is 5.73 Å². The second kappa shape index (κ2) is 4.53. The molecule has 1 aromatic carbocycles. The Morgan fingerprint density at radius 1 is 1.62 bits per heavy atom. The van der Waals surface area contributed by atoms with E-state index in [1.54, 1.807) is 12.1 Å². The van der Waals surface area contributed by atoms with Crippen molar-refractivity contribution < 1.29 is 9.90 Å². The first-order chi connectivity index (χ1) is 6.09. The molecule has 0 saturated heterocycles. The summed E-state index contributed by atoms with van der Waals surface area (Å²) in [4.78, 5) is 11.1. The van der Waals surface area contributed by atoms with Crippen molar-refractivity contribution >= 4 is 39.3 Å². The number of aliphatic carboxylic acids is 1. The van der Waals surface area contributed by atoms with Gasteiger partial charge in [0, 0.05) is 15.1 Å². The highest BCUT2D eigenvalue weighted by molar-refractivity contribution is 9.10. The average Bonchev–Trinajstić information content (AvgIpc) is 2.02. The van der Waals surface area contributed by atoms with E-state index in [0.717, 1.165) is 9.37 Å². The van der Waals surface area contributed by atoms with Gasteiger partial charge in [0.15, 0.2) is 0 Å². The summed E-state index contributed by atoms with van der Waals surface area (Å²) in [5, 5.41) is 8.45. The lowest BCUT2D eigenvalue weighted by atomic mass is 10.3. The van der Waals surface area contributed by atoms with Crippen LogP contribution in [0.1, 0.15) is 0 Å². The minimum absolute atomic E-state index is 0.0336. The van der Waals surface area contributed by atoms with Gasteiger partial charge in [-0.05, 0) is 18.2 Å². The van der Waals surface area contributed by atoms with E-state index in [9.17, 15) is 4.79 Å². The van der Waals surface area contributed by atoms with Crippen LogP contribution in [0.4, 0.5) is 5.69 Å². The summed E-state index contributed by atoms with van der Waals surface area (Å²) in [5.41, 5.74) is 6.26. The fourth-order valence-corrected chi connectivity index (χ4v) is 1.84. The van der Waals surface area contributed by atoms with Gasteiger partial charge in [0.05, 0.1) is 5.75 Å². The van der Waals surface area contributed by atoms with Crippen LogP contribution in [0.25, 0.3) is 0 Å². The Morgan fingerprint density at radius 3 is 2.85 bits per heavy atom. The number of carboxylic acids is 1. The molecular formula is C8H8BrNO2S. The molecule has 0 unspecified atom stereocenters. The van der Waals surface area contributed by atoms with E-state index < -0.39 is 5.97 Å². The van der Waals surface area contributed by atoms with Gasteiger partial charge in [0.25, 0.3) is 0 Å². The molecule has 0 aliphatic rings. The number of nitrogen functional groups attached to an aromatic ring is 1. The molecule has 0 radical (unpaired) electrons. The third kappa shape index (κ3) is 3.28. The van der Waals surface area contributed by atoms with Crippen LogP contribution in [0.3, 0.4) is 0 Å². The van der Waals surface area contributed by atoms with Crippen molar-refractivity contribution in [3.05, 3.63) is 22.7 Å². The van der Waals surface area contributed by atoms with E-state index in [2.05, 4.69) is 15.9 Å². The molecule has 5 heteroatoms. The number of nitrogens with two attached hydrogens (primary N) is 1. The maximum Gasteiger partial charge on any atom is 0.313 e. The van der Waals surface area contributed by atoms with Gasteiger partial charge in [-0.3, -0.25) is 4.79 Å². The van der Waals surface area contributed by atoms with E-state index in [1.807, 2.05) is 6.07 Å². The van der Waals surface area contributed by atoms with Gasteiger partial charge in [-0.1, -0.05) is 15.9 Å². The summed E-state index contributed by atoms with van der Waals surface area (Å²) in [6, 6.07) is 5.39. The second-order valence-electron chi connectivity index (χ2n) is 2.36. The zero-order valence-corrected chi connectivity index (χ0v) is 9.06. The third-order valence-corrected chi connectivity index (χ3v) is 2.89. The number of hydrogen-bond acceptors (Lipinski definition) is 3. The summed E-state index contributed by atoms with van der Waals surface area (Å²) in [5.74, 6) is -0.807. The SMILES string of the molecule is Nc1cc(Br)ccc1SCC(=O)O. The van der Waals surface area contributed by atoms with Gasteiger partial charge in [-0.2, -0.15) is 0 Å². The van der Waals surface area contributed by atoms with Crippen LogP contribution in [0.2, 0.25) is 0 Å². The zero-order chi connectivity index (χ0) is 9.84. The maximum atomic E-state index is 10.3. The van der Waals surface area contributed by atoms with Gasteiger partial charge in [-0.25, -0.2) is 0 Å². The number of halogens is 1. The number of thioether (sulfide) groups is 1. The van der Waals surface area contributed by atoms with Crippen LogP contribution in [0, 0.1) is 0 Å². The Labute approximate surface area is 88.4 Å². The predicted molar refractivity (Wildman–Crippen MR) is 56.9 cm³/mol. The molecule has 0 atom stereocenters. The lowest BCUT2D eigenvalue weighted by Crippen LogP contribution is -1.98. The largest absolute Gasteiger partial charge is 0.481 e. The topological polar surface area (TPSA) is 63.3 Å². The van der Waals surface area contributed by atoms with Gasteiger partial charge >= 0.3 is 5.97 Å². The van der Waals surface area contributed by atoms with Crippen molar-refractivity contribution in [1.82, 2.24) is 0 Å². The minimum Gasteiger partial charge on any atom is -0.481 e. The Balaban J connectivity index is 2.72. The van der Waals surface area contributed by atoms with E-state index in [-0.39, 0.29) is 5.75 Å². The minimum atomic E-state index is -0.840. The van der Waals surface area contributed by atoms with Crippen molar-refractivity contribution in [3.63, 3.8) is 0 Å². The normalized spacial score (nSPS) is 9.92. The van der Waals surface area contributed by atoms with Crippen LogP contribution in [-0.4, -0.2) is 16.8 Å². The first-order valence-corrected chi connectivity index (χ1v) is 5.27. The third-order valence-electron chi connectivity index (χ3n) is 1.32. The summed E-state index contributed by atoms with van der Waals surface area (Å²) in [7, 11) is 0. The van der Waals surface area contributed by atoms with Crippen LogP contribution >= 0.6 is 27.7 Å². The summed E-state index contributed by atoms with van der Waals surface area (Å²) < 4.78 is 0.893. The lowest BCUT2D eigenvalue weighted by molar-refractivity contribution is -0.133. The molecule has 0 amide bonds. The standard InChI is InChI=1S/C8H8BrNO2S/c9-5-1-2-7(6(10)3-5)13-4-8(11)12/h1-3H,4,10H2,(H,11,12). The highest BCUT2D eigenvalue weighted by Gasteiger charge is 2.03. The molecule has 0 aliphatic heterocycles. The average molecular weight is 262 g/mol. The van der Waals surface area contributed by atoms with Crippen molar-refractivity contribution in [1.29, 1.82) is 0 Å². The summed E-state index contributed by atoms with van der Waals surface area (Å²) in [6.45, 7) is 0. The van der Waals surface area contributed by atoms with Gasteiger partial charge in [0.2, 0.25) is 0 Å². The first-order valence-electron chi connectivity index (χ1n) is 3.49.